The number of hydrogen-bond donors (Lipinski definition) is 0. The Bertz CT molecular complexity index is 984. The lowest BCUT2D eigenvalue weighted by Crippen LogP contribution is -2.50. The van der Waals surface area contributed by atoms with Crippen molar-refractivity contribution in [3.8, 4) is 0 Å². The van der Waals surface area contributed by atoms with Crippen LogP contribution in [0.2, 0.25) is 18.1 Å². The summed E-state index contributed by atoms with van der Waals surface area (Å²) < 4.78 is 14.2. The summed E-state index contributed by atoms with van der Waals surface area (Å²) in [5.41, 5.74) is 1.68. The topological polar surface area (TPSA) is 51.7 Å². The summed E-state index contributed by atoms with van der Waals surface area (Å²) >= 11 is 2.32. The fraction of sp³-hybridized carbons (Fsp3) is 0.571. The largest absolute Gasteiger partial charge is 0.444 e. The fourth-order valence-corrected chi connectivity index (χ4v) is 5.95. The van der Waals surface area contributed by atoms with E-state index in [0.29, 0.717) is 0 Å². The Kier molecular flexibility index (Phi) is 8.75. The molecule has 1 aliphatic rings. The molecule has 0 saturated carbocycles. The second-order valence-electron chi connectivity index (χ2n) is 12.1. The minimum Gasteiger partial charge on any atom is -0.444 e. The Labute approximate surface area is 226 Å². The average Bonchev–Trinajstić information content (AvgIpc) is 3.15. The molecule has 1 aromatic heterocycles. The van der Waals surface area contributed by atoms with Crippen molar-refractivity contribution >= 4 is 37.0 Å². The minimum absolute atomic E-state index is 0.0450. The van der Waals surface area contributed by atoms with Crippen molar-refractivity contribution in [2.45, 2.75) is 103 Å². The van der Waals surface area contributed by atoms with E-state index < -0.39 is 13.9 Å². The molecule has 3 atom stereocenters. The van der Waals surface area contributed by atoms with Crippen molar-refractivity contribution in [1.29, 1.82) is 0 Å². The van der Waals surface area contributed by atoms with Gasteiger partial charge < -0.3 is 9.16 Å². The van der Waals surface area contributed by atoms with Crippen molar-refractivity contribution in [3.05, 3.63) is 63.5 Å². The van der Waals surface area contributed by atoms with Crippen LogP contribution in [0.1, 0.15) is 71.6 Å². The second kappa shape index (κ2) is 10.9. The van der Waals surface area contributed by atoms with Gasteiger partial charge >= 0.3 is 6.09 Å². The predicted molar refractivity (Wildman–Crippen MR) is 153 cm³/mol. The number of aromatic nitrogens is 1. The van der Waals surface area contributed by atoms with E-state index in [2.05, 4.69) is 91.8 Å². The summed E-state index contributed by atoms with van der Waals surface area (Å²) in [7, 11) is -2.14. The van der Waals surface area contributed by atoms with Crippen LogP contribution in [0.25, 0.3) is 0 Å². The van der Waals surface area contributed by atoms with E-state index in [1.165, 1.54) is 9.13 Å². The predicted octanol–water partition coefficient (Wildman–Crippen LogP) is 7.76. The first-order valence-corrected chi connectivity index (χ1v) is 16.5. The number of carbonyl (C=O) groups excluding carboxylic acids is 1. The molecule has 3 rings (SSSR count). The molecule has 7 heteroatoms. The zero-order valence-corrected chi connectivity index (χ0v) is 25.6. The lowest BCUT2D eigenvalue weighted by Gasteiger charge is -2.43. The van der Waals surface area contributed by atoms with Gasteiger partial charge in [0, 0.05) is 22.0 Å². The summed E-state index contributed by atoms with van der Waals surface area (Å²) in [4.78, 5) is 20.0. The highest BCUT2D eigenvalue weighted by Gasteiger charge is 2.47. The van der Waals surface area contributed by atoms with Gasteiger partial charge in [-0.3, -0.25) is 9.88 Å². The van der Waals surface area contributed by atoms with Gasteiger partial charge in [-0.2, -0.15) is 0 Å². The number of hydrogen-bond acceptors (Lipinski definition) is 4. The third kappa shape index (κ3) is 7.29. The van der Waals surface area contributed by atoms with Gasteiger partial charge in [0.15, 0.2) is 8.32 Å². The smallest absolute Gasteiger partial charge is 0.410 e. The first-order valence-electron chi connectivity index (χ1n) is 12.5. The van der Waals surface area contributed by atoms with Crippen LogP contribution in [-0.4, -0.2) is 42.0 Å². The van der Waals surface area contributed by atoms with E-state index in [-0.39, 0.29) is 29.3 Å². The van der Waals surface area contributed by atoms with Gasteiger partial charge in [-0.15, -0.1) is 0 Å². The summed E-state index contributed by atoms with van der Waals surface area (Å²) in [5.74, 6) is 0. The molecule has 0 aliphatic carbocycles. The van der Waals surface area contributed by atoms with Crippen LogP contribution < -0.4 is 0 Å². The molecule has 192 valence electrons. The first kappa shape index (κ1) is 28.1. The van der Waals surface area contributed by atoms with Gasteiger partial charge in [-0.25, -0.2) is 4.79 Å². The van der Waals surface area contributed by atoms with E-state index in [4.69, 9.17) is 9.16 Å². The fourth-order valence-electron chi connectivity index (χ4n) is 4.31. The van der Waals surface area contributed by atoms with Gasteiger partial charge in [-0.1, -0.05) is 39.0 Å². The number of nitrogens with zero attached hydrogens (tertiary/aromatic N) is 2. The maximum absolute atomic E-state index is 13.7. The highest BCUT2D eigenvalue weighted by molar-refractivity contribution is 14.1. The number of benzene rings is 1. The van der Waals surface area contributed by atoms with Gasteiger partial charge in [-0.05, 0) is 110 Å². The molecular formula is C28H41IN2O3Si. The molecule has 0 bridgehead atoms. The van der Waals surface area contributed by atoms with Crippen LogP contribution in [0, 0.1) is 3.57 Å². The number of halogens is 1. The number of rotatable bonds is 6. The lowest BCUT2D eigenvalue weighted by atomic mass is 10.0. The molecule has 1 aliphatic heterocycles. The summed E-state index contributed by atoms with van der Waals surface area (Å²) in [5, 5.41) is 0.0450. The molecule has 1 aromatic carbocycles. The standard InChI is InChI=1S/C28H41IN2O3Si/c1-27(2,3)33-26(32)31-23(18-20-11-13-22(29)14-12-20)15-16-24(31)25(21-10-9-17-30-19-21)34-35(7,8)28(4,5)6/h9-14,17,19,23-25H,15-16,18H2,1-8H3/t23?,24?,25-/m1/s1. The SMILES string of the molecule is CC(C)(C)OC(=O)N1C(Cc2ccc(I)cc2)CCC1[C@H](O[Si](C)(C)C(C)(C)C)c1cccnc1. The van der Waals surface area contributed by atoms with Gasteiger partial charge in [0.2, 0.25) is 0 Å². The Morgan fingerprint density at radius 3 is 2.31 bits per heavy atom. The molecule has 2 aromatic rings. The van der Waals surface area contributed by atoms with E-state index in [1.807, 2.05) is 37.9 Å². The Morgan fingerprint density at radius 2 is 1.77 bits per heavy atom. The normalized spacial score (nSPS) is 20.1. The zero-order valence-electron chi connectivity index (χ0n) is 22.5. The maximum atomic E-state index is 13.7. The molecule has 1 amide bonds. The molecule has 0 radical (unpaired) electrons. The number of ether oxygens (including phenoxy) is 1. The average molecular weight is 609 g/mol. The van der Waals surface area contributed by atoms with Crippen molar-refractivity contribution < 1.29 is 14.0 Å². The quantitative estimate of drug-likeness (QED) is 0.249. The van der Waals surface area contributed by atoms with E-state index in [9.17, 15) is 4.79 Å². The molecule has 1 saturated heterocycles. The number of carbonyl (C=O) groups is 1. The molecule has 0 spiro atoms. The van der Waals surface area contributed by atoms with Crippen LogP contribution in [0.5, 0.6) is 0 Å². The van der Waals surface area contributed by atoms with Crippen molar-refractivity contribution in [2.75, 3.05) is 0 Å². The van der Waals surface area contributed by atoms with E-state index in [1.54, 1.807) is 6.20 Å². The molecule has 2 unspecified atom stereocenters. The number of likely N-dealkylation sites (tertiary alicyclic amines) is 1. The van der Waals surface area contributed by atoms with Gasteiger partial charge in [0.05, 0.1) is 12.1 Å². The molecular weight excluding hydrogens is 567 g/mol. The molecule has 1 fully saturated rings. The van der Waals surface area contributed by atoms with Crippen molar-refractivity contribution in [3.63, 3.8) is 0 Å². The van der Waals surface area contributed by atoms with E-state index in [0.717, 1.165) is 24.8 Å². The Morgan fingerprint density at radius 1 is 1.11 bits per heavy atom. The summed E-state index contributed by atoms with van der Waals surface area (Å²) in [6.07, 6.45) is 5.73. The van der Waals surface area contributed by atoms with Crippen LogP contribution in [0.4, 0.5) is 4.79 Å². The molecule has 2 heterocycles. The first-order chi connectivity index (χ1) is 16.2. The van der Waals surface area contributed by atoms with Crippen LogP contribution in [-0.2, 0) is 15.6 Å². The van der Waals surface area contributed by atoms with Gasteiger partial charge in [0.1, 0.15) is 5.60 Å². The number of amides is 1. The molecule has 35 heavy (non-hydrogen) atoms. The maximum Gasteiger partial charge on any atom is 0.410 e. The molecule has 5 nitrogen and oxygen atoms in total. The third-order valence-electron chi connectivity index (χ3n) is 7.13. The highest BCUT2D eigenvalue weighted by atomic mass is 127. The monoisotopic (exact) mass is 608 g/mol. The zero-order chi connectivity index (χ0) is 26.0. The van der Waals surface area contributed by atoms with Crippen molar-refractivity contribution in [1.82, 2.24) is 9.88 Å². The second-order valence-corrected chi connectivity index (χ2v) is 18.1. The Hall–Kier alpha value is -1.45. The summed E-state index contributed by atoms with van der Waals surface area (Å²) in [6, 6.07) is 12.5. The van der Waals surface area contributed by atoms with Crippen LogP contribution in [0.3, 0.4) is 0 Å². The lowest BCUT2D eigenvalue weighted by molar-refractivity contribution is -0.00243. The van der Waals surface area contributed by atoms with Crippen LogP contribution >= 0.6 is 22.6 Å². The minimum atomic E-state index is -2.14. The van der Waals surface area contributed by atoms with E-state index >= 15 is 0 Å². The highest BCUT2D eigenvalue weighted by Crippen LogP contribution is 2.44. The molecule has 0 N–H and O–H groups in total. The van der Waals surface area contributed by atoms with Gasteiger partial charge in [0.25, 0.3) is 0 Å². The Balaban J connectivity index is 2.00. The van der Waals surface area contributed by atoms with Crippen LogP contribution in [0.15, 0.2) is 48.8 Å². The third-order valence-corrected chi connectivity index (χ3v) is 12.3. The number of pyridine rings is 1. The summed E-state index contributed by atoms with van der Waals surface area (Å²) in [6.45, 7) is 17.1. The van der Waals surface area contributed by atoms with Crippen molar-refractivity contribution in [2.24, 2.45) is 0 Å².